The molecule has 0 unspecified atom stereocenters. The number of anilines is 1. The number of carbonyl (C=O) groups excluding carboxylic acids is 1. The second-order valence-electron chi connectivity index (χ2n) is 6.68. The van der Waals surface area contributed by atoms with Gasteiger partial charge in [0.1, 0.15) is 5.75 Å². The molecule has 0 fully saturated rings. The Kier molecular flexibility index (Phi) is 7.70. The van der Waals surface area contributed by atoms with E-state index in [2.05, 4.69) is 15.3 Å². The summed E-state index contributed by atoms with van der Waals surface area (Å²) >= 11 is 1.00. The van der Waals surface area contributed by atoms with E-state index in [0.717, 1.165) is 24.4 Å². The number of nitrogens with zero attached hydrogens (tertiary/aromatic N) is 1. The Labute approximate surface area is 190 Å². The highest BCUT2D eigenvalue weighted by molar-refractivity contribution is 7.99. The fourth-order valence-corrected chi connectivity index (χ4v) is 4.66. The molecular weight excluding hydrogens is 450 g/mol. The molecule has 0 aliphatic carbocycles. The molecule has 3 rings (SSSR count). The number of aromatic nitrogens is 2. The van der Waals surface area contributed by atoms with E-state index >= 15 is 0 Å². The number of rotatable bonds is 9. The molecule has 1 amide bonds. The number of nitrogens with one attached hydrogen (secondary N) is 2. The monoisotopic (exact) mass is 473 g/mol. The molecule has 0 bridgehead atoms. The zero-order valence-corrected chi connectivity index (χ0v) is 19.3. The molecule has 0 saturated heterocycles. The van der Waals surface area contributed by atoms with Crippen LogP contribution in [0.25, 0.3) is 0 Å². The normalized spacial score (nSPS) is 11.2. The maximum atomic E-state index is 12.8. The molecule has 0 aliphatic heterocycles. The van der Waals surface area contributed by atoms with Crippen LogP contribution in [0.5, 0.6) is 5.75 Å². The summed E-state index contributed by atoms with van der Waals surface area (Å²) in [5.41, 5.74) is 1.04. The zero-order valence-electron chi connectivity index (χ0n) is 17.6. The summed E-state index contributed by atoms with van der Waals surface area (Å²) in [4.78, 5) is 30.5. The van der Waals surface area contributed by atoms with E-state index < -0.39 is 20.3 Å². The molecule has 10 heteroatoms. The van der Waals surface area contributed by atoms with Gasteiger partial charge in [0.05, 0.1) is 23.5 Å². The molecular formula is C22H23N3O5S2. The van der Waals surface area contributed by atoms with Crippen molar-refractivity contribution in [3.8, 4) is 5.75 Å². The molecule has 0 radical (unpaired) electrons. The number of thioether (sulfide) groups is 1. The third-order valence-electron chi connectivity index (χ3n) is 4.46. The second-order valence-corrected chi connectivity index (χ2v) is 9.56. The summed E-state index contributed by atoms with van der Waals surface area (Å²) in [5, 5.41) is 2.91. The lowest BCUT2D eigenvalue weighted by atomic mass is 10.1. The van der Waals surface area contributed by atoms with Gasteiger partial charge in [0, 0.05) is 5.69 Å². The number of hydrogen-bond acceptors (Lipinski definition) is 7. The summed E-state index contributed by atoms with van der Waals surface area (Å²) in [6.07, 6.45) is 1.92. The molecule has 0 atom stereocenters. The van der Waals surface area contributed by atoms with Crippen LogP contribution in [0, 0.1) is 0 Å². The molecule has 168 valence electrons. The SMILES string of the molecule is CCOc1ccc(S(=O)(=O)c2cnc(SCC(=O)Nc3ccc(CC)cc3)[nH]c2=O)cc1. The van der Waals surface area contributed by atoms with Crippen LogP contribution in [-0.4, -0.2) is 36.7 Å². The molecule has 32 heavy (non-hydrogen) atoms. The molecule has 1 heterocycles. The fourth-order valence-electron chi connectivity index (χ4n) is 2.80. The molecule has 0 spiro atoms. The van der Waals surface area contributed by atoms with Crippen LogP contribution in [0.3, 0.4) is 0 Å². The van der Waals surface area contributed by atoms with Gasteiger partial charge >= 0.3 is 0 Å². The van der Waals surface area contributed by atoms with Gasteiger partial charge in [0.2, 0.25) is 15.7 Å². The van der Waals surface area contributed by atoms with E-state index in [4.69, 9.17) is 4.74 Å². The third-order valence-corrected chi connectivity index (χ3v) is 7.11. The van der Waals surface area contributed by atoms with Gasteiger partial charge in [-0.1, -0.05) is 30.8 Å². The van der Waals surface area contributed by atoms with E-state index in [-0.39, 0.29) is 21.7 Å². The first-order valence-corrected chi connectivity index (χ1v) is 12.4. The number of benzene rings is 2. The maximum Gasteiger partial charge on any atom is 0.270 e. The number of H-pyrrole nitrogens is 1. The van der Waals surface area contributed by atoms with Gasteiger partial charge in [-0.15, -0.1) is 0 Å². The molecule has 0 saturated carbocycles. The van der Waals surface area contributed by atoms with Crippen LogP contribution in [0.2, 0.25) is 0 Å². The van der Waals surface area contributed by atoms with Crippen LogP contribution in [0.4, 0.5) is 5.69 Å². The number of sulfone groups is 1. The van der Waals surface area contributed by atoms with Gasteiger partial charge in [0.15, 0.2) is 10.1 Å². The molecule has 2 aromatic carbocycles. The Hall–Kier alpha value is -3.11. The van der Waals surface area contributed by atoms with Gasteiger partial charge in [-0.05, 0) is 55.3 Å². The van der Waals surface area contributed by atoms with Crippen molar-refractivity contribution in [3.63, 3.8) is 0 Å². The number of hydrogen-bond donors (Lipinski definition) is 2. The van der Waals surface area contributed by atoms with E-state index in [1.165, 1.54) is 29.8 Å². The minimum absolute atomic E-state index is 0.00343. The Balaban J connectivity index is 1.66. The van der Waals surface area contributed by atoms with Gasteiger partial charge in [-0.25, -0.2) is 13.4 Å². The Morgan fingerprint density at radius 2 is 1.78 bits per heavy atom. The van der Waals surface area contributed by atoms with E-state index in [1.807, 2.05) is 38.1 Å². The fraction of sp³-hybridized carbons (Fsp3) is 0.227. The van der Waals surface area contributed by atoms with E-state index in [0.29, 0.717) is 18.0 Å². The largest absolute Gasteiger partial charge is 0.494 e. The van der Waals surface area contributed by atoms with Crippen molar-refractivity contribution in [2.24, 2.45) is 0 Å². The quantitative estimate of drug-likeness (QED) is 0.362. The van der Waals surface area contributed by atoms with Gasteiger partial charge in [0.25, 0.3) is 5.56 Å². The molecule has 8 nitrogen and oxygen atoms in total. The molecule has 0 aliphatic rings. The molecule has 3 aromatic rings. The highest BCUT2D eigenvalue weighted by Crippen LogP contribution is 2.21. The minimum atomic E-state index is -4.05. The van der Waals surface area contributed by atoms with E-state index in [1.54, 1.807) is 0 Å². The smallest absolute Gasteiger partial charge is 0.270 e. The van der Waals surface area contributed by atoms with Crippen molar-refractivity contribution in [1.29, 1.82) is 0 Å². The summed E-state index contributed by atoms with van der Waals surface area (Å²) in [6, 6.07) is 13.3. The van der Waals surface area contributed by atoms with Crippen molar-refractivity contribution in [3.05, 3.63) is 70.6 Å². The number of aromatic amines is 1. The minimum Gasteiger partial charge on any atom is -0.494 e. The number of carbonyl (C=O) groups is 1. The number of ether oxygens (including phenoxy) is 1. The standard InChI is InChI=1S/C22H23N3O5S2/c1-3-15-5-7-16(8-6-15)24-20(26)14-31-22-23-13-19(21(27)25-22)32(28,29)18-11-9-17(10-12-18)30-4-2/h5-13H,3-4,14H2,1-2H3,(H,24,26)(H,23,25,27). The summed E-state index contributed by atoms with van der Waals surface area (Å²) in [5.74, 6) is 0.265. The average molecular weight is 474 g/mol. The second kappa shape index (κ2) is 10.5. The van der Waals surface area contributed by atoms with Crippen LogP contribution in [0.15, 0.2) is 74.5 Å². The lowest BCUT2D eigenvalue weighted by Crippen LogP contribution is -2.20. The summed E-state index contributed by atoms with van der Waals surface area (Å²) in [7, 11) is -4.05. The molecule has 1 aromatic heterocycles. The van der Waals surface area contributed by atoms with Crippen LogP contribution in [-0.2, 0) is 21.1 Å². The lowest BCUT2D eigenvalue weighted by Gasteiger charge is -2.07. The first kappa shape index (κ1) is 23.6. The van der Waals surface area contributed by atoms with E-state index in [9.17, 15) is 18.0 Å². The zero-order chi connectivity index (χ0) is 23.1. The Morgan fingerprint density at radius 3 is 2.38 bits per heavy atom. The highest BCUT2D eigenvalue weighted by atomic mass is 32.2. The summed E-state index contributed by atoms with van der Waals surface area (Å²) in [6.45, 7) is 4.33. The number of aryl methyl sites for hydroxylation is 1. The topological polar surface area (TPSA) is 118 Å². The highest BCUT2D eigenvalue weighted by Gasteiger charge is 2.22. The van der Waals surface area contributed by atoms with Crippen molar-refractivity contribution in [1.82, 2.24) is 9.97 Å². The average Bonchev–Trinajstić information content (AvgIpc) is 2.79. The van der Waals surface area contributed by atoms with Crippen molar-refractivity contribution in [2.45, 2.75) is 35.2 Å². The third kappa shape index (κ3) is 5.77. The number of amides is 1. The van der Waals surface area contributed by atoms with Gasteiger partial charge in [-0.2, -0.15) is 0 Å². The summed E-state index contributed by atoms with van der Waals surface area (Å²) < 4.78 is 30.9. The lowest BCUT2D eigenvalue weighted by molar-refractivity contribution is -0.113. The first-order chi connectivity index (χ1) is 15.3. The maximum absolute atomic E-state index is 12.8. The Bertz CT molecular complexity index is 1240. The van der Waals surface area contributed by atoms with Crippen molar-refractivity contribution < 1.29 is 17.9 Å². The van der Waals surface area contributed by atoms with Gasteiger partial charge in [-0.3, -0.25) is 9.59 Å². The van der Waals surface area contributed by atoms with Crippen LogP contribution >= 0.6 is 11.8 Å². The molecule has 2 N–H and O–H groups in total. The van der Waals surface area contributed by atoms with Crippen LogP contribution in [0.1, 0.15) is 19.4 Å². The van der Waals surface area contributed by atoms with Crippen LogP contribution < -0.4 is 15.6 Å². The first-order valence-electron chi connectivity index (χ1n) is 9.92. The predicted octanol–water partition coefficient (Wildman–Crippen LogP) is 3.29. The predicted molar refractivity (Wildman–Crippen MR) is 123 cm³/mol. The van der Waals surface area contributed by atoms with Gasteiger partial charge < -0.3 is 15.0 Å². The van der Waals surface area contributed by atoms with Crippen molar-refractivity contribution >= 4 is 33.2 Å². The Morgan fingerprint density at radius 1 is 1.09 bits per heavy atom. The van der Waals surface area contributed by atoms with Crippen molar-refractivity contribution in [2.75, 3.05) is 17.7 Å².